The van der Waals surface area contributed by atoms with E-state index in [4.69, 9.17) is 10.00 Å². The van der Waals surface area contributed by atoms with Crippen LogP contribution in [0, 0.1) is 11.3 Å². The number of ether oxygens (including phenoxy) is 1. The summed E-state index contributed by atoms with van der Waals surface area (Å²) in [5.41, 5.74) is 0. The Labute approximate surface area is 65.4 Å². The topological polar surface area (TPSA) is 53.3 Å². The van der Waals surface area contributed by atoms with E-state index in [9.17, 15) is 4.79 Å². The average Bonchev–Trinajstić information content (AvgIpc) is 2.36. The van der Waals surface area contributed by atoms with E-state index in [0.29, 0.717) is 19.6 Å². The average molecular weight is 154 g/mol. The van der Waals surface area contributed by atoms with Crippen molar-refractivity contribution in [1.82, 2.24) is 4.90 Å². The molecule has 1 atom stereocenters. The molecule has 4 nitrogen and oxygen atoms in total. The summed E-state index contributed by atoms with van der Waals surface area (Å²) >= 11 is 0. The fourth-order valence-corrected chi connectivity index (χ4v) is 1.05. The predicted molar refractivity (Wildman–Crippen MR) is 37.7 cm³/mol. The van der Waals surface area contributed by atoms with E-state index in [-0.39, 0.29) is 12.1 Å². The number of hydrogen-bond donors (Lipinski definition) is 0. The van der Waals surface area contributed by atoms with Crippen LogP contribution in [0.4, 0.5) is 4.79 Å². The third kappa shape index (κ3) is 1.61. The van der Waals surface area contributed by atoms with Crippen molar-refractivity contribution in [2.75, 3.05) is 13.2 Å². The monoisotopic (exact) mass is 154 g/mol. The number of amides is 1. The normalized spacial score (nSPS) is 19.3. The van der Waals surface area contributed by atoms with E-state index in [0.717, 1.165) is 0 Å². The van der Waals surface area contributed by atoms with E-state index in [1.54, 1.807) is 4.90 Å². The first-order valence-electron chi connectivity index (χ1n) is 3.56. The summed E-state index contributed by atoms with van der Waals surface area (Å²) < 4.78 is 4.71. The molecule has 0 N–H and O–H groups in total. The lowest BCUT2D eigenvalue weighted by atomic mass is 10.2. The molecule has 1 saturated heterocycles. The number of carbonyl (C=O) groups excluding carboxylic acids is 1. The molecule has 1 aliphatic rings. The molecule has 0 aromatic carbocycles. The molecular weight excluding hydrogens is 144 g/mol. The van der Waals surface area contributed by atoms with Gasteiger partial charge in [-0.2, -0.15) is 5.26 Å². The Bertz CT molecular complexity index is 197. The highest BCUT2D eigenvalue weighted by Gasteiger charge is 2.26. The van der Waals surface area contributed by atoms with Crippen molar-refractivity contribution >= 4 is 6.09 Å². The molecule has 1 amide bonds. The van der Waals surface area contributed by atoms with Crippen LogP contribution in [-0.2, 0) is 4.74 Å². The van der Waals surface area contributed by atoms with Crippen molar-refractivity contribution in [2.45, 2.75) is 19.4 Å². The molecule has 1 heterocycles. The lowest BCUT2D eigenvalue weighted by molar-refractivity contribution is 0.150. The number of nitriles is 1. The van der Waals surface area contributed by atoms with Crippen LogP contribution in [0.15, 0.2) is 0 Å². The predicted octanol–water partition coefficient (Wildman–Crippen LogP) is 0.741. The number of cyclic esters (lactones) is 1. The molecule has 11 heavy (non-hydrogen) atoms. The Morgan fingerprint density at radius 3 is 3.09 bits per heavy atom. The Kier molecular flexibility index (Phi) is 2.32. The van der Waals surface area contributed by atoms with Crippen LogP contribution in [0.25, 0.3) is 0 Å². The van der Waals surface area contributed by atoms with Gasteiger partial charge in [0.25, 0.3) is 0 Å². The second-order valence-electron chi connectivity index (χ2n) is 2.52. The minimum atomic E-state index is -0.298. The van der Waals surface area contributed by atoms with Crippen molar-refractivity contribution in [3.8, 4) is 6.07 Å². The zero-order valence-electron chi connectivity index (χ0n) is 6.41. The van der Waals surface area contributed by atoms with Gasteiger partial charge in [-0.15, -0.1) is 0 Å². The molecule has 0 bridgehead atoms. The van der Waals surface area contributed by atoms with Gasteiger partial charge in [0.1, 0.15) is 6.61 Å². The molecule has 1 rings (SSSR count). The van der Waals surface area contributed by atoms with Gasteiger partial charge in [-0.3, -0.25) is 0 Å². The van der Waals surface area contributed by atoms with Crippen molar-refractivity contribution < 1.29 is 9.53 Å². The Balaban J connectivity index is 2.47. The maximum atomic E-state index is 10.9. The highest BCUT2D eigenvalue weighted by molar-refractivity contribution is 5.69. The highest BCUT2D eigenvalue weighted by Crippen LogP contribution is 2.10. The SMILES string of the molecule is CC(CC#N)N1CCOC1=O. The molecular formula is C7H10N2O2. The van der Waals surface area contributed by atoms with Gasteiger partial charge in [0.15, 0.2) is 0 Å². The van der Waals surface area contributed by atoms with Gasteiger partial charge in [0.2, 0.25) is 0 Å². The van der Waals surface area contributed by atoms with Crippen LogP contribution in [0.1, 0.15) is 13.3 Å². The zero-order chi connectivity index (χ0) is 8.27. The Hall–Kier alpha value is -1.24. The summed E-state index contributed by atoms with van der Waals surface area (Å²) in [7, 11) is 0. The van der Waals surface area contributed by atoms with E-state index in [1.807, 2.05) is 13.0 Å². The van der Waals surface area contributed by atoms with Crippen LogP contribution in [0.3, 0.4) is 0 Å². The quantitative estimate of drug-likeness (QED) is 0.589. The van der Waals surface area contributed by atoms with Gasteiger partial charge in [0.05, 0.1) is 19.0 Å². The molecule has 0 aromatic rings. The van der Waals surface area contributed by atoms with Crippen LogP contribution in [-0.4, -0.2) is 30.2 Å². The highest BCUT2D eigenvalue weighted by atomic mass is 16.6. The summed E-state index contributed by atoms with van der Waals surface area (Å²) in [6.07, 6.45) is 0.0718. The number of rotatable bonds is 2. The second kappa shape index (κ2) is 3.24. The van der Waals surface area contributed by atoms with E-state index in [1.165, 1.54) is 0 Å². The minimum Gasteiger partial charge on any atom is -0.448 e. The van der Waals surface area contributed by atoms with Gasteiger partial charge in [-0.25, -0.2) is 4.79 Å². The zero-order valence-corrected chi connectivity index (χ0v) is 6.41. The number of hydrogen-bond acceptors (Lipinski definition) is 3. The number of carbonyl (C=O) groups is 1. The van der Waals surface area contributed by atoms with Gasteiger partial charge in [-0.1, -0.05) is 0 Å². The minimum absolute atomic E-state index is 0.0185. The van der Waals surface area contributed by atoms with Crippen molar-refractivity contribution in [2.24, 2.45) is 0 Å². The summed E-state index contributed by atoms with van der Waals surface area (Å²) in [5.74, 6) is 0. The summed E-state index contributed by atoms with van der Waals surface area (Å²) in [6.45, 7) is 2.91. The molecule has 0 radical (unpaired) electrons. The maximum absolute atomic E-state index is 10.9. The van der Waals surface area contributed by atoms with Crippen molar-refractivity contribution in [3.63, 3.8) is 0 Å². The second-order valence-corrected chi connectivity index (χ2v) is 2.52. The third-order valence-corrected chi connectivity index (χ3v) is 1.71. The Morgan fingerprint density at radius 1 is 1.91 bits per heavy atom. The first-order chi connectivity index (χ1) is 5.25. The lowest BCUT2D eigenvalue weighted by Gasteiger charge is -2.18. The van der Waals surface area contributed by atoms with Crippen LogP contribution < -0.4 is 0 Å². The van der Waals surface area contributed by atoms with E-state index < -0.39 is 0 Å². The van der Waals surface area contributed by atoms with Crippen molar-refractivity contribution in [3.05, 3.63) is 0 Å². The summed E-state index contributed by atoms with van der Waals surface area (Å²) in [4.78, 5) is 12.5. The third-order valence-electron chi connectivity index (χ3n) is 1.71. The first kappa shape index (κ1) is 7.86. The Morgan fingerprint density at radius 2 is 2.64 bits per heavy atom. The molecule has 0 aromatic heterocycles. The lowest BCUT2D eigenvalue weighted by Crippen LogP contribution is -2.33. The van der Waals surface area contributed by atoms with Gasteiger partial charge >= 0.3 is 6.09 Å². The fraction of sp³-hybridized carbons (Fsp3) is 0.714. The smallest absolute Gasteiger partial charge is 0.410 e. The summed E-state index contributed by atoms with van der Waals surface area (Å²) in [5, 5.41) is 8.35. The molecule has 1 unspecified atom stereocenters. The van der Waals surface area contributed by atoms with Crippen LogP contribution >= 0.6 is 0 Å². The molecule has 0 aliphatic carbocycles. The molecule has 0 spiro atoms. The van der Waals surface area contributed by atoms with E-state index in [2.05, 4.69) is 0 Å². The van der Waals surface area contributed by atoms with Gasteiger partial charge in [0, 0.05) is 6.04 Å². The maximum Gasteiger partial charge on any atom is 0.410 e. The van der Waals surface area contributed by atoms with Crippen LogP contribution in [0.5, 0.6) is 0 Å². The summed E-state index contributed by atoms with van der Waals surface area (Å²) in [6, 6.07) is 2.00. The number of nitrogens with zero attached hydrogens (tertiary/aromatic N) is 2. The molecule has 4 heteroatoms. The first-order valence-corrected chi connectivity index (χ1v) is 3.56. The largest absolute Gasteiger partial charge is 0.448 e. The molecule has 1 fully saturated rings. The van der Waals surface area contributed by atoms with Crippen molar-refractivity contribution in [1.29, 1.82) is 5.26 Å². The van der Waals surface area contributed by atoms with Gasteiger partial charge < -0.3 is 9.64 Å². The molecule has 0 saturated carbocycles. The van der Waals surface area contributed by atoms with Gasteiger partial charge in [-0.05, 0) is 6.92 Å². The fourth-order valence-electron chi connectivity index (χ4n) is 1.05. The molecule has 60 valence electrons. The standard InChI is InChI=1S/C7H10N2O2/c1-6(2-3-8)9-4-5-11-7(9)10/h6H,2,4-5H2,1H3. The van der Waals surface area contributed by atoms with Crippen LogP contribution in [0.2, 0.25) is 0 Å². The van der Waals surface area contributed by atoms with E-state index >= 15 is 0 Å². The molecule has 1 aliphatic heterocycles.